The summed E-state index contributed by atoms with van der Waals surface area (Å²) in [7, 11) is 0. The molecule has 0 N–H and O–H groups in total. The van der Waals surface area contributed by atoms with Gasteiger partial charge >= 0.3 is 0 Å². The number of aromatic nitrogens is 2. The summed E-state index contributed by atoms with van der Waals surface area (Å²) in [5.41, 5.74) is -0.0386. The molecular formula is C16H28FIN2. The maximum absolute atomic E-state index is 13.4. The molecule has 1 aromatic heterocycles. The molecule has 0 aliphatic rings. The quantitative estimate of drug-likeness (QED) is 0.357. The molecule has 4 heteroatoms. The van der Waals surface area contributed by atoms with Crippen molar-refractivity contribution in [3.63, 3.8) is 0 Å². The lowest BCUT2D eigenvalue weighted by molar-refractivity contribution is 0.219. The van der Waals surface area contributed by atoms with Crippen molar-refractivity contribution < 1.29 is 4.39 Å². The van der Waals surface area contributed by atoms with Gasteiger partial charge in [-0.2, -0.15) is 4.39 Å². The molecule has 0 spiro atoms. The van der Waals surface area contributed by atoms with Crippen molar-refractivity contribution in [1.82, 2.24) is 9.78 Å². The van der Waals surface area contributed by atoms with E-state index in [1.54, 1.807) is 0 Å². The van der Waals surface area contributed by atoms with Crippen LogP contribution in [0, 0.1) is 9.65 Å². The number of rotatable bonds is 10. The van der Waals surface area contributed by atoms with Gasteiger partial charge in [0.15, 0.2) is 0 Å². The Hall–Kier alpha value is -0.130. The summed E-state index contributed by atoms with van der Waals surface area (Å²) < 4.78 is 16.2. The van der Waals surface area contributed by atoms with Crippen LogP contribution in [0.15, 0.2) is 6.07 Å². The molecule has 116 valence electrons. The topological polar surface area (TPSA) is 17.8 Å². The molecule has 0 amide bonds. The smallest absolute Gasteiger partial charge is 0.233 e. The molecule has 0 radical (unpaired) electrons. The zero-order valence-electron chi connectivity index (χ0n) is 13.1. The van der Waals surface area contributed by atoms with Crippen molar-refractivity contribution in [1.29, 1.82) is 0 Å². The van der Waals surface area contributed by atoms with Crippen LogP contribution in [0.2, 0.25) is 0 Å². The molecule has 1 rings (SSSR count). The van der Waals surface area contributed by atoms with Crippen LogP contribution < -0.4 is 0 Å². The maximum atomic E-state index is 13.4. The van der Waals surface area contributed by atoms with E-state index in [2.05, 4.69) is 48.5 Å². The van der Waals surface area contributed by atoms with E-state index in [9.17, 15) is 4.39 Å². The van der Waals surface area contributed by atoms with E-state index >= 15 is 0 Å². The first-order valence-electron chi connectivity index (χ1n) is 7.95. The van der Waals surface area contributed by atoms with Gasteiger partial charge in [-0.3, -0.25) is 4.68 Å². The summed E-state index contributed by atoms with van der Waals surface area (Å²) in [6.07, 6.45) is 10.9. The maximum Gasteiger partial charge on any atom is 0.233 e. The van der Waals surface area contributed by atoms with Gasteiger partial charge in [0.05, 0.1) is 5.54 Å². The van der Waals surface area contributed by atoms with Crippen LogP contribution in [0.3, 0.4) is 0 Å². The average molecular weight is 394 g/mol. The Morgan fingerprint density at radius 3 is 2.25 bits per heavy atom. The monoisotopic (exact) mass is 394 g/mol. The minimum Gasteiger partial charge on any atom is -0.251 e. The molecule has 1 unspecified atom stereocenters. The molecule has 1 heterocycles. The first kappa shape index (κ1) is 17.9. The molecule has 0 aliphatic heterocycles. The highest BCUT2D eigenvalue weighted by Crippen LogP contribution is 2.31. The second kappa shape index (κ2) is 9.00. The van der Waals surface area contributed by atoms with Gasteiger partial charge in [-0.1, -0.05) is 58.8 Å². The number of nitrogens with zero attached hydrogens (tertiary/aromatic N) is 2. The first-order chi connectivity index (χ1) is 9.53. The zero-order valence-corrected chi connectivity index (χ0v) is 15.2. The number of unbranched alkanes of at least 4 members (excludes halogenated alkanes) is 5. The Morgan fingerprint density at radius 2 is 1.70 bits per heavy atom. The summed E-state index contributed by atoms with van der Waals surface area (Å²) >= 11 is 2.19. The summed E-state index contributed by atoms with van der Waals surface area (Å²) in [6, 6.07) is 1.53. The molecule has 0 bridgehead atoms. The van der Waals surface area contributed by atoms with Gasteiger partial charge in [0, 0.05) is 6.07 Å². The Balaban J connectivity index is 2.68. The first-order valence-corrected chi connectivity index (χ1v) is 9.03. The van der Waals surface area contributed by atoms with E-state index in [1.807, 2.05) is 4.68 Å². The lowest BCUT2D eigenvalue weighted by atomic mass is 9.89. The van der Waals surface area contributed by atoms with Crippen molar-refractivity contribution in [2.45, 2.75) is 84.1 Å². The predicted molar refractivity (Wildman–Crippen MR) is 91.5 cm³/mol. The van der Waals surface area contributed by atoms with Crippen molar-refractivity contribution >= 4 is 22.6 Å². The van der Waals surface area contributed by atoms with E-state index in [0.717, 1.165) is 16.5 Å². The molecule has 2 nitrogen and oxygen atoms in total. The van der Waals surface area contributed by atoms with Crippen LogP contribution in [0.4, 0.5) is 4.39 Å². The molecule has 0 saturated heterocycles. The fourth-order valence-corrected chi connectivity index (χ4v) is 3.66. The largest absolute Gasteiger partial charge is 0.251 e. The molecule has 0 saturated carbocycles. The van der Waals surface area contributed by atoms with Gasteiger partial charge in [0.1, 0.15) is 3.70 Å². The summed E-state index contributed by atoms with van der Waals surface area (Å²) in [5, 5.41) is 4.09. The van der Waals surface area contributed by atoms with Crippen LogP contribution in [0.5, 0.6) is 0 Å². The zero-order chi connectivity index (χ0) is 15.0. The highest BCUT2D eigenvalue weighted by molar-refractivity contribution is 14.1. The van der Waals surface area contributed by atoms with Crippen molar-refractivity contribution in [2.24, 2.45) is 0 Å². The van der Waals surface area contributed by atoms with Gasteiger partial charge in [0.25, 0.3) is 0 Å². The molecule has 0 aromatic carbocycles. The third-order valence-electron chi connectivity index (χ3n) is 4.04. The Bertz CT molecular complexity index is 392. The minimum atomic E-state index is -0.358. The third kappa shape index (κ3) is 5.34. The van der Waals surface area contributed by atoms with Gasteiger partial charge in [-0.15, -0.1) is 5.10 Å². The summed E-state index contributed by atoms with van der Waals surface area (Å²) in [5.74, 6) is -0.358. The summed E-state index contributed by atoms with van der Waals surface area (Å²) in [4.78, 5) is 0. The second-order valence-electron chi connectivity index (χ2n) is 5.97. The lowest BCUT2D eigenvalue weighted by Crippen LogP contribution is -2.32. The van der Waals surface area contributed by atoms with Gasteiger partial charge in [-0.05, 0) is 42.4 Å². The van der Waals surface area contributed by atoms with E-state index < -0.39 is 0 Å². The number of halogens is 2. The van der Waals surface area contributed by atoms with Crippen LogP contribution in [-0.2, 0) is 5.54 Å². The number of hydrogen-bond acceptors (Lipinski definition) is 1. The highest BCUT2D eigenvalue weighted by Gasteiger charge is 2.28. The highest BCUT2D eigenvalue weighted by atomic mass is 127. The molecule has 1 atom stereocenters. The fraction of sp³-hybridized carbons (Fsp3) is 0.812. The fourth-order valence-electron chi connectivity index (χ4n) is 2.71. The molecule has 0 aliphatic carbocycles. The Labute approximate surface area is 136 Å². The Kier molecular flexibility index (Phi) is 8.07. The molecular weight excluding hydrogens is 366 g/mol. The van der Waals surface area contributed by atoms with Gasteiger partial charge in [0.2, 0.25) is 5.95 Å². The SMILES string of the molecule is CCCCCCCC(C)(CCCC)n1nc(F)cc1I. The van der Waals surface area contributed by atoms with Crippen molar-refractivity contribution in [3.05, 3.63) is 15.7 Å². The second-order valence-corrected chi connectivity index (χ2v) is 7.07. The van der Waals surface area contributed by atoms with Crippen LogP contribution in [0.25, 0.3) is 0 Å². The van der Waals surface area contributed by atoms with E-state index in [0.29, 0.717) is 0 Å². The van der Waals surface area contributed by atoms with Crippen molar-refractivity contribution in [2.75, 3.05) is 0 Å². The van der Waals surface area contributed by atoms with E-state index in [1.165, 1.54) is 51.0 Å². The van der Waals surface area contributed by atoms with Gasteiger partial charge in [-0.25, -0.2) is 0 Å². The van der Waals surface area contributed by atoms with Gasteiger partial charge < -0.3 is 0 Å². The molecule has 0 fully saturated rings. The minimum absolute atomic E-state index is 0.0386. The molecule has 20 heavy (non-hydrogen) atoms. The van der Waals surface area contributed by atoms with E-state index in [4.69, 9.17) is 0 Å². The van der Waals surface area contributed by atoms with Crippen molar-refractivity contribution in [3.8, 4) is 0 Å². The predicted octanol–water partition coefficient (Wildman–Crippen LogP) is 5.89. The molecule has 1 aromatic rings. The Morgan fingerprint density at radius 1 is 1.10 bits per heavy atom. The number of hydrogen-bond donors (Lipinski definition) is 0. The summed E-state index contributed by atoms with van der Waals surface area (Å²) in [6.45, 7) is 6.67. The lowest BCUT2D eigenvalue weighted by Gasteiger charge is -2.31. The normalized spacial score (nSPS) is 14.4. The standard InChI is InChI=1S/C16H28FIN2/c1-4-6-8-9-10-12-16(3,11-7-5-2)20-15(18)13-14(17)19-20/h13H,4-12H2,1-3H3. The van der Waals surface area contributed by atoms with E-state index in [-0.39, 0.29) is 11.5 Å². The van der Waals surface area contributed by atoms with Crippen LogP contribution in [-0.4, -0.2) is 9.78 Å². The van der Waals surface area contributed by atoms with Crippen LogP contribution >= 0.6 is 22.6 Å². The van der Waals surface area contributed by atoms with Crippen LogP contribution in [0.1, 0.15) is 78.6 Å². The average Bonchev–Trinajstić information content (AvgIpc) is 2.76. The third-order valence-corrected chi connectivity index (χ3v) is 4.80.